The maximum atomic E-state index is 9.71. The molecule has 2 N–H and O–H groups in total. The fraction of sp³-hybridized carbons (Fsp3) is 0.143. The van der Waals surface area contributed by atoms with Crippen LogP contribution in [0.1, 0.15) is 17.0 Å². The number of benzene rings is 1. The van der Waals surface area contributed by atoms with Crippen molar-refractivity contribution in [2.24, 2.45) is 7.05 Å². The lowest BCUT2D eigenvalue weighted by Gasteiger charge is -2.12. The van der Waals surface area contributed by atoms with Gasteiger partial charge < -0.3 is 5.73 Å². The summed E-state index contributed by atoms with van der Waals surface area (Å²) in [5.74, 6) is 0.221. The number of pyridine rings is 2. The standard InChI is InChI=1S/C21H18N6/c1-12-20(13(2)27(3)26-12)19-9-17(18(10-22)21(23)25-19)16-6-4-5-14-11-24-8-7-15(14)16/h4-9,11H,1-3H3,(H2,23,25). The second kappa shape index (κ2) is 6.22. The van der Waals surface area contributed by atoms with Gasteiger partial charge in [0.15, 0.2) is 0 Å². The Kier molecular flexibility index (Phi) is 3.85. The molecule has 1 aromatic carbocycles. The first-order chi connectivity index (χ1) is 13.0. The van der Waals surface area contributed by atoms with Crippen LogP contribution in [0.4, 0.5) is 5.82 Å². The average molecular weight is 354 g/mol. The zero-order valence-corrected chi connectivity index (χ0v) is 15.4. The van der Waals surface area contributed by atoms with E-state index in [0.29, 0.717) is 5.56 Å². The maximum absolute atomic E-state index is 9.71. The Balaban J connectivity index is 2.06. The Bertz CT molecular complexity index is 1220. The van der Waals surface area contributed by atoms with Gasteiger partial charge in [-0.15, -0.1) is 0 Å². The van der Waals surface area contributed by atoms with Crippen molar-refractivity contribution >= 4 is 16.6 Å². The largest absolute Gasteiger partial charge is 0.383 e. The smallest absolute Gasteiger partial charge is 0.142 e. The summed E-state index contributed by atoms with van der Waals surface area (Å²) in [7, 11) is 1.90. The minimum absolute atomic E-state index is 0.221. The molecule has 0 unspecified atom stereocenters. The highest BCUT2D eigenvalue weighted by atomic mass is 15.3. The topological polar surface area (TPSA) is 93.4 Å². The van der Waals surface area contributed by atoms with E-state index in [4.69, 9.17) is 5.73 Å². The molecule has 0 fully saturated rings. The first kappa shape index (κ1) is 16.7. The third-order valence-corrected chi connectivity index (χ3v) is 4.90. The van der Waals surface area contributed by atoms with Crippen LogP contribution < -0.4 is 5.73 Å². The van der Waals surface area contributed by atoms with Gasteiger partial charge in [0.05, 0.1) is 11.4 Å². The fourth-order valence-corrected chi connectivity index (χ4v) is 3.52. The molecular weight excluding hydrogens is 336 g/mol. The van der Waals surface area contributed by atoms with Gasteiger partial charge in [0.25, 0.3) is 0 Å². The maximum Gasteiger partial charge on any atom is 0.142 e. The molecule has 0 spiro atoms. The van der Waals surface area contributed by atoms with Gasteiger partial charge in [-0.25, -0.2) is 4.98 Å². The summed E-state index contributed by atoms with van der Waals surface area (Å²) in [5, 5.41) is 16.2. The van der Waals surface area contributed by atoms with E-state index in [1.165, 1.54) is 0 Å². The number of nitrogen functional groups attached to an aromatic ring is 1. The quantitative estimate of drug-likeness (QED) is 0.591. The number of aryl methyl sites for hydroxylation is 2. The second-order valence-corrected chi connectivity index (χ2v) is 6.50. The van der Waals surface area contributed by atoms with Crippen molar-refractivity contribution in [2.45, 2.75) is 13.8 Å². The second-order valence-electron chi connectivity index (χ2n) is 6.50. The van der Waals surface area contributed by atoms with Gasteiger partial charge in [0.2, 0.25) is 0 Å². The first-order valence-electron chi connectivity index (χ1n) is 8.55. The average Bonchev–Trinajstić information content (AvgIpc) is 2.92. The number of nitrogens with zero attached hydrogens (tertiary/aromatic N) is 5. The van der Waals surface area contributed by atoms with Crippen LogP contribution in [0.3, 0.4) is 0 Å². The number of aromatic nitrogens is 4. The van der Waals surface area contributed by atoms with Crippen molar-refractivity contribution in [3.8, 4) is 28.5 Å². The first-order valence-corrected chi connectivity index (χ1v) is 8.55. The highest BCUT2D eigenvalue weighted by molar-refractivity contribution is 5.98. The van der Waals surface area contributed by atoms with E-state index in [-0.39, 0.29) is 5.82 Å². The van der Waals surface area contributed by atoms with Crippen LogP contribution in [0, 0.1) is 25.2 Å². The van der Waals surface area contributed by atoms with Gasteiger partial charge in [-0.2, -0.15) is 10.4 Å². The van der Waals surface area contributed by atoms with Crippen molar-refractivity contribution in [1.29, 1.82) is 5.26 Å². The van der Waals surface area contributed by atoms with Crippen molar-refractivity contribution in [2.75, 3.05) is 5.73 Å². The van der Waals surface area contributed by atoms with E-state index in [1.54, 1.807) is 6.20 Å². The Labute approximate surface area is 156 Å². The lowest BCUT2D eigenvalue weighted by Crippen LogP contribution is -2.01. The number of rotatable bonds is 2. The Morgan fingerprint density at radius 3 is 2.67 bits per heavy atom. The Hall–Kier alpha value is -3.72. The van der Waals surface area contributed by atoms with Gasteiger partial charge in [-0.05, 0) is 36.9 Å². The predicted octanol–water partition coefficient (Wildman–Crippen LogP) is 3.77. The number of fused-ring (bicyclic) bond motifs is 1. The summed E-state index contributed by atoms with van der Waals surface area (Å²) in [6, 6.07) is 12.0. The van der Waals surface area contributed by atoms with Gasteiger partial charge in [0, 0.05) is 41.6 Å². The number of hydrogen-bond acceptors (Lipinski definition) is 5. The molecule has 0 aliphatic carbocycles. The highest BCUT2D eigenvalue weighted by Gasteiger charge is 2.19. The zero-order chi connectivity index (χ0) is 19.1. The van der Waals surface area contributed by atoms with Crippen molar-refractivity contribution in [3.05, 3.63) is 59.7 Å². The molecule has 0 saturated carbocycles. The van der Waals surface area contributed by atoms with Crippen LogP contribution in [0.15, 0.2) is 42.7 Å². The summed E-state index contributed by atoms with van der Waals surface area (Å²) in [6.45, 7) is 3.94. The SMILES string of the molecule is Cc1nn(C)c(C)c1-c1cc(-c2cccc3cnccc23)c(C#N)c(N)n1. The van der Waals surface area contributed by atoms with E-state index >= 15 is 0 Å². The third kappa shape index (κ3) is 2.61. The summed E-state index contributed by atoms with van der Waals surface area (Å²) < 4.78 is 1.82. The molecule has 3 aromatic heterocycles. The van der Waals surface area contributed by atoms with Crippen molar-refractivity contribution in [1.82, 2.24) is 19.7 Å². The molecule has 27 heavy (non-hydrogen) atoms. The molecule has 6 heteroatoms. The van der Waals surface area contributed by atoms with Crippen molar-refractivity contribution < 1.29 is 0 Å². The van der Waals surface area contributed by atoms with Crippen molar-refractivity contribution in [3.63, 3.8) is 0 Å². The molecule has 3 heterocycles. The van der Waals surface area contributed by atoms with Gasteiger partial charge in [-0.1, -0.05) is 18.2 Å². The third-order valence-electron chi connectivity index (χ3n) is 4.90. The lowest BCUT2D eigenvalue weighted by molar-refractivity contribution is 0.731. The van der Waals surface area contributed by atoms with E-state index < -0.39 is 0 Å². The van der Waals surface area contributed by atoms with Gasteiger partial charge in [-0.3, -0.25) is 9.67 Å². The number of nitrogens with two attached hydrogens (primary N) is 1. The summed E-state index contributed by atoms with van der Waals surface area (Å²) in [4.78, 5) is 8.69. The zero-order valence-electron chi connectivity index (χ0n) is 15.4. The van der Waals surface area contributed by atoms with E-state index in [0.717, 1.165) is 44.5 Å². The monoisotopic (exact) mass is 354 g/mol. The van der Waals surface area contributed by atoms with Crippen LogP contribution in [-0.4, -0.2) is 19.7 Å². The summed E-state index contributed by atoms with van der Waals surface area (Å²) in [5.41, 5.74) is 11.8. The molecule has 0 radical (unpaired) electrons. The molecule has 4 aromatic rings. The van der Waals surface area contributed by atoms with Crippen LogP contribution in [0.25, 0.3) is 33.2 Å². The molecule has 0 aliphatic rings. The lowest BCUT2D eigenvalue weighted by atomic mass is 9.94. The molecular formula is C21H18N6. The minimum atomic E-state index is 0.221. The van der Waals surface area contributed by atoms with Gasteiger partial charge >= 0.3 is 0 Å². The van der Waals surface area contributed by atoms with Crippen LogP contribution in [0.2, 0.25) is 0 Å². The van der Waals surface area contributed by atoms with Crippen LogP contribution in [-0.2, 0) is 7.05 Å². The van der Waals surface area contributed by atoms with Crippen LogP contribution in [0.5, 0.6) is 0 Å². The summed E-state index contributed by atoms with van der Waals surface area (Å²) in [6.07, 6.45) is 3.56. The molecule has 0 aliphatic heterocycles. The minimum Gasteiger partial charge on any atom is -0.383 e. The molecule has 0 saturated heterocycles. The normalized spacial score (nSPS) is 10.9. The van der Waals surface area contributed by atoms with Gasteiger partial charge in [0.1, 0.15) is 17.5 Å². The fourth-order valence-electron chi connectivity index (χ4n) is 3.52. The molecule has 6 nitrogen and oxygen atoms in total. The van der Waals surface area contributed by atoms with E-state index in [9.17, 15) is 5.26 Å². The number of hydrogen-bond donors (Lipinski definition) is 1. The van der Waals surface area contributed by atoms with E-state index in [1.807, 2.05) is 62.1 Å². The van der Waals surface area contributed by atoms with E-state index in [2.05, 4.69) is 21.1 Å². The highest BCUT2D eigenvalue weighted by Crippen LogP contribution is 2.36. The molecule has 132 valence electrons. The molecule has 0 atom stereocenters. The number of nitriles is 1. The predicted molar refractivity (Wildman–Crippen MR) is 106 cm³/mol. The Morgan fingerprint density at radius 1 is 1.15 bits per heavy atom. The molecule has 0 amide bonds. The Morgan fingerprint density at radius 2 is 1.96 bits per heavy atom. The van der Waals surface area contributed by atoms with Crippen LogP contribution >= 0.6 is 0 Å². The number of anilines is 1. The molecule has 4 rings (SSSR count). The molecule has 0 bridgehead atoms. The summed E-state index contributed by atoms with van der Waals surface area (Å²) >= 11 is 0.